The summed E-state index contributed by atoms with van der Waals surface area (Å²) in [6, 6.07) is 0.175. The molecule has 13 heavy (non-hydrogen) atoms. The van der Waals surface area contributed by atoms with Crippen LogP contribution in [0.5, 0.6) is 0 Å². The van der Waals surface area contributed by atoms with Gasteiger partial charge in [-0.05, 0) is 24.9 Å². The molecule has 0 aliphatic carbocycles. The second-order valence-corrected chi connectivity index (χ2v) is 4.21. The summed E-state index contributed by atoms with van der Waals surface area (Å²) in [6.45, 7) is 1.97. The van der Waals surface area contributed by atoms with Crippen molar-refractivity contribution in [2.24, 2.45) is 0 Å². The van der Waals surface area contributed by atoms with E-state index in [0.29, 0.717) is 4.88 Å². The third kappa shape index (κ3) is 3.40. The molecule has 0 saturated carbocycles. The van der Waals surface area contributed by atoms with Crippen molar-refractivity contribution in [1.82, 2.24) is 14.9 Å². The van der Waals surface area contributed by atoms with Crippen LogP contribution in [-0.4, -0.2) is 26.9 Å². The van der Waals surface area contributed by atoms with Crippen LogP contribution in [0.15, 0.2) is 6.20 Å². The minimum absolute atomic E-state index is 0.0940. The van der Waals surface area contributed by atoms with Crippen LogP contribution < -0.4 is 5.32 Å². The van der Waals surface area contributed by atoms with Crippen LogP contribution in [-0.2, 0) is 0 Å². The highest BCUT2D eigenvalue weighted by Crippen LogP contribution is 2.03. The Morgan fingerprint density at radius 3 is 3.15 bits per heavy atom. The first-order valence-corrected chi connectivity index (χ1v) is 5.77. The van der Waals surface area contributed by atoms with Crippen molar-refractivity contribution in [1.29, 1.82) is 0 Å². The van der Waals surface area contributed by atoms with Gasteiger partial charge in [-0.1, -0.05) is 20.4 Å². The average Bonchev–Trinajstić information content (AvgIpc) is 2.55. The van der Waals surface area contributed by atoms with Crippen molar-refractivity contribution in [3.05, 3.63) is 11.1 Å². The van der Waals surface area contributed by atoms with Gasteiger partial charge in [0.15, 0.2) is 0 Å². The fraction of sp³-hybridized carbons (Fsp3) is 0.571. The summed E-state index contributed by atoms with van der Waals surface area (Å²) in [5.74, 6) is -0.0940. The number of amides is 1. The number of carbonyl (C=O) groups is 1. The molecule has 0 aliphatic heterocycles. The smallest absolute Gasteiger partial charge is 0.264 e. The predicted molar refractivity (Wildman–Crippen MR) is 55.2 cm³/mol. The summed E-state index contributed by atoms with van der Waals surface area (Å²) >= 11 is 4.42. The molecule has 1 aromatic heterocycles. The van der Waals surface area contributed by atoms with Crippen LogP contribution in [0.25, 0.3) is 0 Å². The van der Waals surface area contributed by atoms with Gasteiger partial charge in [-0.3, -0.25) is 4.79 Å². The van der Waals surface area contributed by atoms with Gasteiger partial charge in [-0.15, -0.1) is 5.10 Å². The van der Waals surface area contributed by atoms with E-state index in [0.717, 1.165) is 23.3 Å². The Balaban J connectivity index is 2.42. The highest BCUT2D eigenvalue weighted by atomic mass is 79.9. The van der Waals surface area contributed by atoms with Crippen molar-refractivity contribution in [2.45, 2.75) is 19.4 Å². The lowest BCUT2D eigenvalue weighted by molar-refractivity contribution is 0.0943. The van der Waals surface area contributed by atoms with E-state index in [4.69, 9.17) is 0 Å². The van der Waals surface area contributed by atoms with Gasteiger partial charge in [0.25, 0.3) is 5.91 Å². The van der Waals surface area contributed by atoms with E-state index in [1.807, 2.05) is 6.92 Å². The molecule has 1 N–H and O–H groups in total. The van der Waals surface area contributed by atoms with E-state index < -0.39 is 0 Å². The highest BCUT2D eigenvalue weighted by Gasteiger charge is 2.10. The lowest BCUT2D eigenvalue weighted by Gasteiger charge is -2.10. The minimum atomic E-state index is -0.0940. The zero-order valence-electron chi connectivity index (χ0n) is 7.16. The van der Waals surface area contributed by atoms with Crippen LogP contribution in [0, 0.1) is 0 Å². The van der Waals surface area contributed by atoms with E-state index in [-0.39, 0.29) is 11.9 Å². The van der Waals surface area contributed by atoms with Gasteiger partial charge in [-0.25, -0.2) is 0 Å². The monoisotopic (exact) mass is 263 g/mol. The Kier molecular flexibility index (Phi) is 4.31. The lowest BCUT2D eigenvalue weighted by atomic mass is 10.2. The summed E-state index contributed by atoms with van der Waals surface area (Å²) in [5, 5.41) is 7.32. The van der Waals surface area contributed by atoms with Crippen molar-refractivity contribution in [3.8, 4) is 0 Å². The molecule has 4 nitrogen and oxygen atoms in total. The van der Waals surface area contributed by atoms with Crippen molar-refractivity contribution in [3.63, 3.8) is 0 Å². The van der Waals surface area contributed by atoms with Gasteiger partial charge >= 0.3 is 0 Å². The molecular weight excluding hydrogens is 254 g/mol. The lowest BCUT2D eigenvalue weighted by Crippen LogP contribution is -2.32. The second kappa shape index (κ2) is 5.29. The van der Waals surface area contributed by atoms with E-state index in [2.05, 4.69) is 30.8 Å². The predicted octanol–water partition coefficient (Wildman–Crippen LogP) is 1.44. The molecule has 1 heterocycles. The standard InChI is InChI=1S/C7H10BrN3OS/c1-5(2-3-8)10-7(12)6-4-9-11-13-6/h4-5H,2-3H2,1H3,(H,10,12). The van der Waals surface area contributed by atoms with Gasteiger partial charge < -0.3 is 5.32 Å². The summed E-state index contributed by atoms with van der Waals surface area (Å²) in [5.41, 5.74) is 0. The van der Waals surface area contributed by atoms with E-state index in [1.165, 1.54) is 6.20 Å². The van der Waals surface area contributed by atoms with Crippen molar-refractivity contribution in [2.75, 3.05) is 5.33 Å². The maximum Gasteiger partial charge on any atom is 0.264 e. The fourth-order valence-corrected chi connectivity index (χ4v) is 1.90. The van der Waals surface area contributed by atoms with Crippen molar-refractivity contribution >= 4 is 33.4 Å². The van der Waals surface area contributed by atoms with Crippen LogP contribution in [0.4, 0.5) is 0 Å². The van der Waals surface area contributed by atoms with E-state index in [1.54, 1.807) is 0 Å². The molecule has 1 unspecified atom stereocenters. The molecule has 0 aromatic carbocycles. The number of carbonyl (C=O) groups excluding carboxylic acids is 1. The Morgan fingerprint density at radius 2 is 2.62 bits per heavy atom. The maximum absolute atomic E-state index is 11.4. The normalized spacial score (nSPS) is 12.5. The number of rotatable bonds is 4. The largest absolute Gasteiger partial charge is 0.349 e. The summed E-state index contributed by atoms with van der Waals surface area (Å²) < 4.78 is 3.62. The quantitative estimate of drug-likeness (QED) is 0.837. The highest BCUT2D eigenvalue weighted by molar-refractivity contribution is 9.09. The van der Waals surface area contributed by atoms with Gasteiger partial charge in [-0.2, -0.15) is 0 Å². The average molecular weight is 264 g/mol. The number of aromatic nitrogens is 2. The molecule has 0 saturated heterocycles. The zero-order valence-corrected chi connectivity index (χ0v) is 9.56. The molecule has 6 heteroatoms. The molecule has 0 fully saturated rings. The van der Waals surface area contributed by atoms with Crippen LogP contribution >= 0.6 is 27.5 Å². The molecule has 1 atom stereocenters. The molecule has 1 aromatic rings. The minimum Gasteiger partial charge on any atom is -0.349 e. The molecule has 72 valence electrons. The van der Waals surface area contributed by atoms with Gasteiger partial charge in [0.05, 0.1) is 6.20 Å². The van der Waals surface area contributed by atoms with Crippen LogP contribution in [0.2, 0.25) is 0 Å². The van der Waals surface area contributed by atoms with Crippen LogP contribution in [0.3, 0.4) is 0 Å². The summed E-state index contributed by atoms with van der Waals surface area (Å²) in [7, 11) is 0. The summed E-state index contributed by atoms with van der Waals surface area (Å²) in [6.07, 6.45) is 2.39. The molecular formula is C7H10BrN3OS. The SMILES string of the molecule is CC(CCBr)NC(=O)c1cnns1. The second-order valence-electron chi connectivity index (χ2n) is 2.63. The Hall–Kier alpha value is -0.490. The number of nitrogens with zero attached hydrogens (tertiary/aromatic N) is 2. The van der Waals surface area contributed by atoms with Crippen LogP contribution in [0.1, 0.15) is 23.0 Å². The first kappa shape index (κ1) is 10.6. The first-order chi connectivity index (χ1) is 6.24. The van der Waals surface area contributed by atoms with E-state index >= 15 is 0 Å². The third-order valence-corrected chi connectivity index (χ3v) is 2.63. The van der Waals surface area contributed by atoms with Crippen molar-refractivity contribution < 1.29 is 4.79 Å². The molecule has 1 amide bonds. The number of alkyl halides is 1. The molecule has 0 radical (unpaired) electrons. The first-order valence-electron chi connectivity index (χ1n) is 3.88. The fourth-order valence-electron chi connectivity index (χ4n) is 0.798. The third-order valence-electron chi connectivity index (χ3n) is 1.50. The van der Waals surface area contributed by atoms with Gasteiger partial charge in [0.2, 0.25) is 0 Å². The van der Waals surface area contributed by atoms with Gasteiger partial charge in [0.1, 0.15) is 4.88 Å². The number of nitrogens with one attached hydrogen (secondary N) is 1. The number of hydrogen-bond donors (Lipinski definition) is 1. The van der Waals surface area contributed by atoms with Gasteiger partial charge in [0, 0.05) is 11.4 Å². The molecule has 1 rings (SSSR count). The zero-order chi connectivity index (χ0) is 9.68. The Bertz CT molecular complexity index is 265. The summed E-state index contributed by atoms with van der Waals surface area (Å²) in [4.78, 5) is 12.0. The molecule has 0 spiro atoms. The Labute approximate surface area is 89.0 Å². The molecule has 0 aliphatic rings. The molecule has 0 bridgehead atoms. The Morgan fingerprint density at radius 1 is 1.85 bits per heavy atom. The van der Waals surface area contributed by atoms with E-state index in [9.17, 15) is 4.79 Å². The number of hydrogen-bond acceptors (Lipinski definition) is 4. The topological polar surface area (TPSA) is 54.9 Å². The maximum atomic E-state index is 11.4. The number of halogens is 1.